The first kappa shape index (κ1) is 16.0. The maximum Gasteiger partial charge on any atom is 0.123 e. The Morgan fingerprint density at radius 2 is 2.15 bits per heavy atom. The van der Waals surface area contributed by atoms with Gasteiger partial charge in [-0.2, -0.15) is 0 Å². The molecule has 1 nitrogen and oxygen atoms in total. The lowest BCUT2D eigenvalue weighted by molar-refractivity contribution is 0.348. The third-order valence-electron chi connectivity index (χ3n) is 4.64. The fourth-order valence-corrected chi connectivity index (χ4v) is 3.86. The minimum Gasteiger partial charge on any atom is -0.314 e. The Morgan fingerprint density at radius 1 is 1.35 bits per heavy atom. The monoisotopic (exact) mass is 341 g/mol. The van der Waals surface area contributed by atoms with Gasteiger partial charge in [0.25, 0.3) is 0 Å². The summed E-state index contributed by atoms with van der Waals surface area (Å²) in [5, 5.41) is 3.62. The van der Waals surface area contributed by atoms with Crippen molar-refractivity contribution in [2.24, 2.45) is 11.8 Å². The summed E-state index contributed by atoms with van der Waals surface area (Å²) in [5.41, 5.74) is 1.08. The highest BCUT2D eigenvalue weighted by Gasteiger charge is 2.29. The summed E-state index contributed by atoms with van der Waals surface area (Å²) in [4.78, 5) is 0. The molecule has 0 spiro atoms. The molecule has 1 aliphatic carbocycles. The zero-order valence-corrected chi connectivity index (χ0v) is 14.0. The molecule has 1 aliphatic rings. The first-order chi connectivity index (χ1) is 9.63. The van der Waals surface area contributed by atoms with Gasteiger partial charge in [-0.3, -0.25) is 0 Å². The largest absolute Gasteiger partial charge is 0.314 e. The van der Waals surface area contributed by atoms with Gasteiger partial charge < -0.3 is 5.32 Å². The molecule has 3 heteroatoms. The van der Waals surface area contributed by atoms with E-state index in [1.165, 1.54) is 31.7 Å². The number of likely N-dealkylation sites (N-methyl/N-ethyl adjacent to an activating group) is 1. The second-order valence-electron chi connectivity index (χ2n) is 5.95. The van der Waals surface area contributed by atoms with E-state index in [9.17, 15) is 4.39 Å². The third-order valence-corrected chi connectivity index (χ3v) is 5.42. The van der Waals surface area contributed by atoms with Crippen LogP contribution >= 0.6 is 15.9 Å². The molecule has 1 fully saturated rings. The minimum absolute atomic E-state index is 0.142. The Hall–Kier alpha value is -0.410. The summed E-state index contributed by atoms with van der Waals surface area (Å²) in [5.74, 6) is 1.48. The van der Waals surface area contributed by atoms with Crippen LogP contribution in [0.3, 0.4) is 0 Å². The molecule has 2 rings (SSSR count). The molecule has 0 saturated heterocycles. The smallest absolute Gasteiger partial charge is 0.123 e. The Kier molecular flexibility index (Phi) is 6.03. The van der Waals surface area contributed by atoms with Gasteiger partial charge in [0.2, 0.25) is 0 Å². The maximum absolute atomic E-state index is 13.4. The molecular formula is C17H25BrFN. The highest BCUT2D eigenvalue weighted by atomic mass is 79.9. The van der Waals surface area contributed by atoms with Crippen molar-refractivity contribution < 1.29 is 4.39 Å². The van der Waals surface area contributed by atoms with E-state index >= 15 is 0 Å². The van der Waals surface area contributed by atoms with E-state index in [0.717, 1.165) is 34.8 Å². The summed E-state index contributed by atoms with van der Waals surface area (Å²) in [6, 6.07) is 5.46. The molecule has 0 aliphatic heterocycles. The SMILES string of the molecule is CCNC(Cc1cc(F)ccc1Br)C1CCC(CC)C1. The highest BCUT2D eigenvalue weighted by molar-refractivity contribution is 9.10. The first-order valence-corrected chi connectivity index (χ1v) is 8.60. The molecular weight excluding hydrogens is 317 g/mol. The summed E-state index contributed by atoms with van der Waals surface area (Å²) < 4.78 is 14.5. The van der Waals surface area contributed by atoms with E-state index in [0.29, 0.717) is 6.04 Å². The van der Waals surface area contributed by atoms with Gasteiger partial charge in [0.05, 0.1) is 0 Å². The van der Waals surface area contributed by atoms with E-state index in [1.807, 2.05) is 6.07 Å². The maximum atomic E-state index is 13.4. The van der Waals surface area contributed by atoms with Gasteiger partial charge in [0.1, 0.15) is 5.82 Å². The Labute approximate surface area is 130 Å². The molecule has 1 N–H and O–H groups in total. The Bertz CT molecular complexity index is 435. The third kappa shape index (κ3) is 4.05. The summed E-state index contributed by atoms with van der Waals surface area (Å²) >= 11 is 3.55. The van der Waals surface area contributed by atoms with Crippen molar-refractivity contribution in [3.8, 4) is 0 Å². The van der Waals surface area contributed by atoms with E-state index in [-0.39, 0.29) is 5.82 Å². The van der Waals surface area contributed by atoms with Gasteiger partial charge in [-0.05, 0) is 61.4 Å². The molecule has 112 valence electrons. The zero-order chi connectivity index (χ0) is 14.5. The first-order valence-electron chi connectivity index (χ1n) is 7.81. The van der Waals surface area contributed by atoms with Gasteiger partial charge >= 0.3 is 0 Å². The van der Waals surface area contributed by atoms with Crippen LogP contribution in [0.25, 0.3) is 0 Å². The van der Waals surface area contributed by atoms with Crippen molar-refractivity contribution in [1.82, 2.24) is 5.32 Å². The van der Waals surface area contributed by atoms with Crippen molar-refractivity contribution in [1.29, 1.82) is 0 Å². The van der Waals surface area contributed by atoms with Crippen LogP contribution < -0.4 is 5.32 Å². The van der Waals surface area contributed by atoms with Gasteiger partial charge in [0, 0.05) is 10.5 Å². The van der Waals surface area contributed by atoms with Crippen molar-refractivity contribution >= 4 is 15.9 Å². The molecule has 3 unspecified atom stereocenters. The molecule has 0 bridgehead atoms. The number of hydrogen-bond acceptors (Lipinski definition) is 1. The molecule has 0 radical (unpaired) electrons. The van der Waals surface area contributed by atoms with Gasteiger partial charge in [0.15, 0.2) is 0 Å². The van der Waals surface area contributed by atoms with Crippen LogP contribution in [0.1, 0.15) is 45.1 Å². The summed E-state index contributed by atoms with van der Waals surface area (Å²) in [7, 11) is 0. The predicted molar refractivity (Wildman–Crippen MR) is 86.4 cm³/mol. The number of hydrogen-bond donors (Lipinski definition) is 1. The van der Waals surface area contributed by atoms with Crippen molar-refractivity contribution in [2.45, 2.75) is 52.0 Å². The molecule has 1 aromatic rings. The summed E-state index contributed by atoms with van der Waals surface area (Å²) in [6.07, 6.45) is 6.18. The fourth-order valence-electron chi connectivity index (χ4n) is 3.45. The molecule has 0 heterocycles. The van der Waals surface area contributed by atoms with E-state index in [2.05, 4.69) is 35.1 Å². The van der Waals surface area contributed by atoms with Crippen LogP contribution in [0.4, 0.5) is 4.39 Å². The summed E-state index contributed by atoms with van der Waals surface area (Å²) in [6.45, 7) is 5.42. The van der Waals surface area contributed by atoms with Crippen LogP contribution in [0, 0.1) is 17.7 Å². The molecule has 0 aromatic heterocycles. The average Bonchev–Trinajstić information content (AvgIpc) is 2.91. The van der Waals surface area contributed by atoms with Crippen LogP contribution in [0.5, 0.6) is 0 Å². The highest BCUT2D eigenvalue weighted by Crippen LogP contribution is 2.36. The van der Waals surface area contributed by atoms with E-state index in [1.54, 1.807) is 6.07 Å². The minimum atomic E-state index is -0.142. The van der Waals surface area contributed by atoms with Crippen LogP contribution in [0.15, 0.2) is 22.7 Å². The van der Waals surface area contributed by atoms with E-state index in [4.69, 9.17) is 0 Å². The van der Waals surface area contributed by atoms with Crippen LogP contribution in [-0.2, 0) is 6.42 Å². The Morgan fingerprint density at radius 3 is 2.80 bits per heavy atom. The molecule has 3 atom stereocenters. The molecule has 1 saturated carbocycles. The van der Waals surface area contributed by atoms with Crippen LogP contribution in [0.2, 0.25) is 0 Å². The van der Waals surface area contributed by atoms with Crippen molar-refractivity contribution in [3.05, 3.63) is 34.1 Å². The lowest BCUT2D eigenvalue weighted by Crippen LogP contribution is -2.37. The standard InChI is InChI=1S/C17H25BrFN/c1-3-12-5-6-13(9-12)17(20-4-2)11-14-10-15(19)7-8-16(14)18/h7-8,10,12-13,17,20H,3-6,9,11H2,1-2H3. The second-order valence-corrected chi connectivity index (χ2v) is 6.81. The van der Waals surface area contributed by atoms with Gasteiger partial charge in [-0.15, -0.1) is 0 Å². The topological polar surface area (TPSA) is 12.0 Å². The normalized spacial score (nSPS) is 24.0. The van der Waals surface area contributed by atoms with Crippen LogP contribution in [-0.4, -0.2) is 12.6 Å². The van der Waals surface area contributed by atoms with Gasteiger partial charge in [-0.25, -0.2) is 4.39 Å². The Balaban J connectivity index is 2.07. The fraction of sp³-hybridized carbons (Fsp3) is 0.647. The zero-order valence-electron chi connectivity index (χ0n) is 12.5. The molecule has 20 heavy (non-hydrogen) atoms. The quantitative estimate of drug-likeness (QED) is 0.772. The second kappa shape index (κ2) is 7.56. The van der Waals surface area contributed by atoms with Gasteiger partial charge in [-0.1, -0.05) is 42.6 Å². The predicted octanol–water partition coefficient (Wildman–Crippen LogP) is 4.94. The number of halogens is 2. The number of nitrogens with one attached hydrogen (secondary N) is 1. The average molecular weight is 342 g/mol. The number of benzene rings is 1. The van der Waals surface area contributed by atoms with Crippen molar-refractivity contribution in [2.75, 3.05) is 6.54 Å². The van der Waals surface area contributed by atoms with E-state index < -0.39 is 0 Å². The van der Waals surface area contributed by atoms with Crippen molar-refractivity contribution in [3.63, 3.8) is 0 Å². The molecule has 0 amide bonds. The lowest BCUT2D eigenvalue weighted by Gasteiger charge is -2.25. The molecule has 1 aromatic carbocycles. The lowest BCUT2D eigenvalue weighted by atomic mass is 9.91. The number of rotatable bonds is 6.